The molecule has 0 N–H and O–H groups in total. The first-order valence-electron chi connectivity index (χ1n) is 9.55. The molecule has 0 unspecified atom stereocenters. The molecule has 1 aliphatic heterocycles. The third kappa shape index (κ3) is 4.40. The van der Waals surface area contributed by atoms with Crippen LogP contribution < -0.4 is 4.90 Å². The van der Waals surface area contributed by atoms with E-state index in [0.29, 0.717) is 6.54 Å². The van der Waals surface area contributed by atoms with Crippen LogP contribution in [-0.2, 0) is 11.3 Å². The van der Waals surface area contributed by atoms with Crippen LogP contribution in [0.1, 0.15) is 38.7 Å². The molecule has 2 heterocycles. The second kappa shape index (κ2) is 8.79. The number of piperidine rings is 1. The molecule has 1 aliphatic rings. The quantitative estimate of drug-likeness (QED) is 0.798. The summed E-state index contributed by atoms with van der Waals surface area (Å²) >= 11 is 0. The number of anilines is 1. The van der Waals surface area contributed by atoms with Crippen molar-refractivity contribution in [2.24, 2.45) is 5.92 Å². The molecule has 3 rings (SSSR count). The summed E-state index contributed by atoms with van der Waals surface area (Å²) in [6.45, 7) is 6.65. The average Bonchev–Trinajstić information content (AvgIpc) is 2.72. The van der Waals surface area contributed by atoms with Gasteiger partial charge in [-0.25, -0.2) is 9.97 Å². The van der Waals surface area contributed by atoms with Gasteiger partial charge in [0, 0.05) is 44.0 Å². The first kappa shape index (κ1) is 18.4. The van der Waals surface area contributed by atoms with E-state index in [0.717, 1.165) is 38.3 Å². The van der Waals surface area contributed by atoms with Crippen LogP contribution in [0.4, 0.5) is 5.95 Å². The SMILES string of the molecule is CC[C@@H](C)N(Cc1ccccc1)C(=O)C1CCN(c2ncccn2)CC1. The number of amides is 1. The van der Waals surface area contributed by atoms with Crippen LogP contribution in [0.2, 0.25) is 0 Å². The van der Waals surface area contributed by atoms with Gasteiger partial charge in [-0.2, -0.15) is 0 Å². The highest BCUT2D eigenvalue weighted by atomic mass is 16.2. The molecule has 1 saturated heterocycles. The first-order chi connectivity index (χ1) is 12.7. The largest absolute Gasteiger partial charge is 0.341 e. The van der Waals surface area contributed by atoms with Gasteiger partial charge in [0.25, 0.3) is 0 Å². The van der Waals surface area contributed by atoms with Gasteiger partial charge in [-0.05, 0) is 37.8 Å². The van der Waals surface area contributed by atoms with Crippen molar-refractivity contribution in [2.75, 3.05) is 18.0 Å². The number of hydrogen-bond donors (Lipinski definition) is 0. The first-order valence-corrected chi connectivity index (χ1v) is 9.55. The number of carbonyl (C=O) groups excluding carboxylic acids is 1. The predicted octanol–water partition coefficient (Wildman–Crippen LogP) is 3.52. The lowest BCUT2D eigenvalue weighted by molar-refractivity contribution is -0.139. The summed E-state index contributed by atoms with van der Waals surface area (Å²) in [5.74, 6) is 1.14. The van der Waals surface area contributed by atoms with Gasteiger partial charge in [-0.1, -0.05) is 37.3 Å². The molecular formula is C21H28N4O. The maximum Gasteiger partial charge on any atom is 0.226 e. The number of benzene rings is 1. The van der Waals surface area contributed by atoms with Crippen molar-refractivity contribution in [3.63, 3.8) is 0 Å². The molecule has 0 aliphatic carbocycles. The van der Waals surface area contributed by atoms with Crippen molar-refractivity contribution in [2.45, 2.75) is 45.7 Å². The summed E-state index contributed by atoms with van der Waals surface area (Å²) in [6.07, 6.45) is 6.22. The molecule has 0 spiro atoms. The van der Waals surface area contributed by atoms with E-state index in [4.69, 9.17) is 0 Å². The summed E-state index contributed by atoms with van der Waals surface area (Å²) in [5, 5.41) is 0. The second-order valence-corrected chi connectivity index (χ2v) is 7.02. The van der Waals surface area contributed by atoms with Gasteiger partial charge < -0.3 is 9.80 Å². The zero-order valence-corrected chi connectivity index (χ0v) is 15.7. The molecule has 1 fully saturated rings. The fourth-order valence-electron chi connectivity index (χ4n) is 3.47. The summed E-state index contributed by atoms with van der Waals surface area (Å²) in [4.78, 5) is 26.1. The molecule has 2 aromatic rings. The van der Waals surface area contributed by atoms with E-state index in [1.54, 1.807) is 12.4 Å². The van der Waals surface area contributed by atoms with Crippen molar-refractivity contribution in [1.82, 2.24) is 14.9 Å². The van der Waals surface area contributed by atoms with Gasteiger partial charge in [0.1, 0.15) is 0 Å². The van der Waals surface area contributed by atoms with Crippen LogP contribution in [0, 0.1) is 5.92 Å². The maximum atomic E-state index is 13.2. The van der Waals surface area contributed by atoms with E-state index in [-0.39, 0.29) is 17.9 Å². The maximum absolute atomic E-state index is 13.2. The minimum absolute atomic E-state index is 0.0904. The van der Waals surface area contributed by atoms with Crippen molar-refractivity contribution in [3.05, 3.63) is 54.4 Å². The van der Waals surface area contributed by atoms with E-state index >= 15 is 0 Å². The van der Waals surface area contributed by atoms with Crippen molar-refractivity contribution < 1.29 is 4.79 Å². The fraction of sp³-hybridized carbons (Fsp3) is 0.476. The zero-order valence-electron chi connectivity index (χ0n) is 15.7. The van der Waals surface area contributed by atoms with E-state index in [1.165, 1.54) is 5.56 Å². The lowest BCUT2D eigenvalue weighted by Crippen LogP contribution is -2.45. The molecule has 1 amide bonds. The number of aromatic nitrogens is 2. The second-order valence-electron chi connectivity index (χ2n) is 7.02. The Kier molecular flexibility index (Phi) is 6.21. The third-order valence-electron chi connectivity index (χ3n) is 5.28. The Labute approximate surface area is 156 Å². The number of hydrogen-bond acceptors (Lipinski definition) is 4. The summed E-state index contributed by atoms with van der Waals surface area (Å²) in [6, 6.07) is 12.3. The highest BCUT2D eigenvalue weighted by Gasteiger charge is 2.31. The van der Waals surface area contributed by atoms with Gasteiger partial charge in [-0.15, -0.1) is 0 Å². The van der Waals surface area contributed by atoms with E-state index in [1.807, 2.05) is 24.3 Å². The average molecular weight is 352 g/mol. The Morgan fingerprint density at radius 2 is 1.81 bits per heavy atom. The van der Waals surface area contributed by atoms with Crippen LogP contribution in [0.5, 0.6) is 0 Å². The van der Waals surface area contributed by atoms with E-state index < -0.39 is 0 Å². The normalized spacial score (nSPS) is 16.3. The Hall–Kier alpha value is -2.43. The molecule has 1 atom stereocenters. The van der Waals surface area contributed by atoms with Crippen LogP contribution in [0.3, 0.4) is 0 Å². The molecule has 0 radical (unpaired) electrons. The Bertz CT molecular complexity index is 684. The number of nitrogens with zero attached hydrogens (tertiary/aromatic N) is 4. The van der Waals surface area contributed by atoms with Crippen molar-refractivity contribution in [3.8, 4) is 0 Å². The highest BCUT2D eigenvalue weighted by molar-refractivity contribution is 5.79. The monoisotopic (exact) mass is 352 g/mol. The predicted molar refractivity (Wildman–Crippen MR) is 104 cm³/mol. The van der Waals surface area contributed by atoms with Gasteiger partial charge in [0.05, 0.1) is 0 Å². The number of rotatable bonds is 6. The van der Waals surface area contributed by atoms with Crippen molar-refractivity contribution in [1.29, 1.82) is 0 Å². The Balaban J connectivity index is 1.64. The standard InChI is InChI=1S/C21H28N4O/c1-3-17(2)25(16-18-8-5-4-6-9-18)20(26)19-10-14-24(15-11-19)21-22-12-7-13-23-21/h4-9,12-13,17,19H,3,10-11,14-16H2,1-2H3/t17-/m1/s1. The summed E-state index contributed by atoms with van der Waals surface area (Å²) in [7, 11) is 0. The molecule has 1 aromatic carbocycles. The molecule has 26 heavy (non-hydrogen) atoms. The van der Waals surface area contributed by atoms with Gasteiger partial charge >= 0.3 is 0 Å². The van der Waals surface area contributed by atoms with Gasteiger partial charge in [-0.3, -0.25) is 4.79 Å². The van der Waals surface area contributed by atoms with Crippen molar-refractivity contribution >= 4 is 11.9 Å². The Morgan fingerprint density at radius 1 is 1.15 bits per heavy atom. The fourth-order valence-corrected chi connectivity index (χ4v) is 3.47. The summed E-state index contributed by atoms with van der Waals surface area (Å²) in [5.41, 5.74) is 1.19. The lowest BCUT2D eigenvalue weighted by atomic mass is 9.94. The van der Waals surface area contributed by atoms with Crippen LogP contribution in [0.15, 0.2) is 48.8 Å². The van der Waals surface area contributed by atoms with E-state index in [2.05, 4.69) is 45.7 Å². The lowest BCUT2D eigenvalue weighted by Gasteiger charge is -2.36. The summed E-state index contributed by atoms with van der Waals surface area (Å²) < 4.78 is 0. The number of carbonyl (C=O) groups is 1. The topological polar surface area (TPSA) is 49.3 Å². The highest BCUT2D eigenvalue weighted by Crippen LogP contribution is 2.24. The minimum atomic E-state index is 0.0904. The van der Waals surface area contributed by atoms with Crippen LogP contribution in [0.25, 0.3) is 0 Å². The molecule has 1 aromatic heterocycles. The smallest absolute Gasteiger partial charge is 0.226 e. The molecule has 5 nitrogen and oxygen atoms in total. The molecule has 0 saturated carbocycles. The minimum Gasteiger partial charge on any atom is -0.341 e. The van der Waals surface area contributed by atoms with Gasteiger partial charge in [0.2, 0.25) is 11.9 Å². The van der Waals surface area contributed by atoms with E-state index in [9.17, 15) is 4.79 Å². The molecular weight excluding hydrogens is 324 g/mol. The molecule has 138 valence electrons. The Morgan fingerprint density at radius 3 is 2.42 bits per heavy atom. The third-order valence-corrected chi connectivity index (χ3v) is 5.28. The zero-order chi connectivity index (χ0) is 18.4. The van der Waals surface area contributed by atoms with Crippen LogP contribution in [-0.4, -0.2) is 39.9 Å². The molecule has 5 heteroatoms. The van der Waals surface area contributed by atoms with Gasteiger partial charge in [0.15, 0.2) is 0 Å². The van der Waals surface area contributed by atoms with Crippen LogP contribution >= 0.6 is 0 Å². The molecule has 0 bridgehead atoms.